The summed E-state index contributed by atoms with van der Waals surface area (Å²) in [4.78, 5) is 43.1. The van der Waals surface area contributed by atoms with Crippen molar-refractivity contribution < 1.29 is 84.8 Å². The monoisotopic (exact) mass is 1990 g/mol. The molecule has 12 nitrogen and oxygen atoms in total. The number of ketones is 4. The van der Waals surface area contributed by atoms with Crippen LogP contribution in [0.1, 0.15) is 285 Å². The van der Waals surface area contributed by atoms with E-state index in [0.717, 1.165) is 34.6 Å². The molecule has 0 spiro atoms. The Morgan fingerprint density at radius 3 is 0.780 bits per heavy atom. The standard InChI is InChI=1S/2C19H42N.C18H15P.C12H4N4.2C9H16O.C6H6O2.C6H4O2.2CH3.BrH.ClH.Fe.I2/c2*1-5-6-7-8-9-10-11-12-13-14-15-16-17-18-19-20(2,3)4;1-4-10-16(11-5-1)19(17-12-6-2-7-13-17)18-14-8-3-9-15-18;13-5-11(6-14)9-1-2-10(4-3-9)12(7-15)8-16;2*1-2-5-9(10)8-6-3-4-7-8;2*7-5-1-2-6(8)4-3-5;;;;;;1-2/h2*5-19H2,1-4H3;1-15H;1-4H;2*8H,2-7H2,1H3;1-4,7-8H;1-4H;2*1H3;2*1H;;/q2*+1;;;;;;;2*-1;;;+2;/p-2. The van der Waals surface area contributed by atoms with Crippen molar-refractivity contribution in [1.82, 2.24) is 0 Å². The Balaban J connectivity index is -0.000000307. The maximum atomic E-state index is 11.2. The van der Waals surface area contributed by atoms with Gasteiger partial charge in [-0.2, -0.15) is 21.0 Å². The van der Waals surface area contributed by atoms with Gasteiger partial charge in [-0.15, -0.1) is 0 Å². The number of hydrogen-bond donors (Lipinski definition) is 2. The number of carbonyl (C=O) groups excluding carboxylic acids is 4. The molecule has 0 radical (unpaired) electrons. The molecule has 3 aliphatic rings. The summed E-state index contributed by atoms with van der Waals surface area (Å²) in [5.41, 5.74) is 0.00373. The zero-order valence-corrected chi connectivity index (χ0v) is 83.1. The zero-order chi connectivity index (χ0) is 83.9. The van der Waals surface area contributed by atoms with Gasteiger partial charge >= 0.3 is 17.1 Å². The molecule has 2 fully saturated rings. The Hall–Kier alpha value is -5.34. The number of allylic oxidation sites excluding steroid dienone is 4. The predicted octanol–water partition coefficient (Wildman–Crippen LogP) is 19.0. The van der Waals surface area contributed by atoms with Crippen LogP contribution < -0.4 is 55.7 Å². The molecule has 8 rings (SSSR count). The number of carbonyl (C=O) groups is 4. The van der Waals surface area contributed by atoms with Crippen LogP contribution >= 0.6 is 45.2 Å². The molecule has 5 aromatic rings. The minimum atomic E-state index is -0.446. The second kappa shape index (κ2) is 83.9. The average Bonchev–Trinajstić information content (AvgIpc) is 1.78. The predicted molar refractivity (Wildman–Crippen MR) is 509 cm³/mol. The number of halogens is 4. The van der Waals surface area contributed by atoms with Gasteiger partial charge in [0.05, 0.1) is 55.4 Å². The number of nitrogens with zero attached hydrogens (tertiary/aromatic N) is 6. The van der Waals surface area contributed by atoms with Crippen LogP contribution in [0.4, 0.5) is 0 Å². The zero-order valence-electron chi connectivity index (χ0n) is 74.5. The Kier molecular flexibility index (Phi) is 87.8. The molecule has 2 N–H and O–H groups in total. The Labute approximate surface area is 771 Å². The van der Waals surface area contributed by atoms with Crippen LogP contribution in [-0.4, -0.2) is 97.7 Å². The summed E-state index contributed by atoms with van der Waals surface area (Å²) in [6.45, 7) is 11.4. The van der Waals surface area contributed by atoms with Crippen molar-refractivity contribution in [2.75, 3.05) is 55.4 Å². The fraction of sp³-hybridized carbons (Fsp3) is 0.540. The minimum absolute atomic E-state index is 0. The maximum absolute atomic E-state index is 11.2. The van der Waals surface area contributed by atoms with Gasteiger partial charge in [-0.05, 0) is 137 Å². The van der Waals surface area contributed by atoms with Crippen LogP contribution in [0.3, 0.4) is 0 Å². The number of phenols is 2. The Bertz CT molecular complexity index is 3290. The van der Waals surface area contributed by atoms with Crippen LogP contribution in [0.15, 0.2) is 164 Å². The summed E-state index contributed by atoms with van der Waals surface area (Å²) in [5, 5.41) is 57.0. The smallest absolute Gasteiger partial charge is 1.00 e. The van der Waals surface area contributed by atoms with E-state index in [1.165, 1.54) is 333 Å². The fourth-order valence-electron chi connectivity index (χ4n) is 13.1. The number of unbranched alkanes of at least 4 members (excludes halogenated alkanes) is 26. The summed E-state index contributed by atoms with van der Waals surface area (Å²) in [6, 6.07) is 51.2. The topological polar surface area (TPSA) is 204 Å². The van der Waals surface area contributed by atoms with E-state index in [-0.39, 0.29) is 95.5 Å². The second-order valence-electron chi connectivity index (χ2n) is 31.7. The number of hydrogen-bond acceptors (Lipinski definition) is 10. The number of rotatable bonds is 39. The van der Waals surface area contributed by atoms with E-state index in [1.54, 1.807) is 24.3 Å². The molecule has 0 aromatic heterocycles. The Morgan fingerprint density at radius 1 is 0.373 bits per heavy atom. The molecule has 18 heteroatoms. The minimum Gasteiger partial charge on any atom is -1.00 e. The molecular formula is C100H151BrClFeI2N6O6P. The number of Topliss-reactive ketones (excluding diaryl/α,β-unsaturated/α-hetero) is 2. The van der Waals surface area contributed by atoms with Gasteiger partial charge in [0.2, 0.25) is 0 Å². The number of quaternary nitrogens is 2. The van der Waals surface area contributed by atoms with E-state index in [2.05, 4.69) is 198 Å². The molecule has 0 aliphatic heterocycles. The third-order valence-electron chi connectivity index (χ3n) is 19.6. The average molecular weight is 1990 g/mol. The van der Waals surface area contributed by atoms with Gasteiger partial charge in [0.25, 0.3) is 0 Å². The Morgan fingerprint density at radius 2 is 0.585 bits per heavy atom. The molecule has 658 valence electrons. The molecule has 3 aliphatic carbocycles. The summed E-state index contributed by atoms with van der Waals surface area (Å²) >= 11 is 4.24. The number of aromatic hydroxyl groups is 2. The van der Waals surface area contributed by atoms with Crippen LogP contribution in [0.5, 0.6) is 11.5 Å². The van der Waals surface area contributed by atoms with Crippen molar-refractivity contribution in [2.24, 2.45) is 11.8 Å². The first-order valence-electron chi connectivity index (χ1n) is 42.7. The maximum Gasteiger partial charge on any atom is 2.00 e. The molecule has 118 heavy (non-hydrogen) atoms. The fourth-order valence-corrected chi connectivity index (χ4v) is 15.4. The quantitative estimate of drug-likeness (QED) is 0.00557. The van der Waals surface area contributed by atoms with Crippen molar-refractivity contribution in [2.45, 2.75) is 285 Å². The van der Waals surface area contributed by atoms with E-state index < -0.39 is 7.92 Å². The van der Waals surface area contributed by atoms with Crippen molar-refractivity contribution in [3.05, 3.63) is 189 Å². The van der Waals surface area contributed by atoms with Crippen LogP contribution in [0.2, 0.25) is 0 Å². The molecule has 5 aromatic carbocycles. The molecule has 0 atom stereocenters. The van der Waals surface area contributed by atoms with Crippen molar-refractivity contribution in [1.29, 1.82) is 21.0 Å². The van der Waals surface area contributed by atoms with Crippen molar-refractivity contribution in [3.63, 3.8) is 0 Å². The van der Waals surface area contributed by atoms with Gasteiger partial charge in [-0.25, -0.2) is 0 Å². The van der Waals surface area contributed by atoms with E-state index >= 15 is 0 Å². The largest absolute Gasteiger partial charge is 2.00 e. The van der Waals surface area contributed by atoms with Gasteiger partial charge in [0, 0.05) is 72.3 Å². The van der Waals surface area contributed by atoms with Crippen LogP contribution in [0.25, 0.3) is 11.1 Å². The first-order chi connectivity index (χ1) is 54.6. The molecule has 0 unspecified atom stereocenters. The summed E-state index contributed by atoms with van der Waals surface area (Å²) in [7, 11) is 13.3. The second-order valence-corrected chi connectivity index (χ2v) is 33.9. The van der Waals surface area contributed by atoms with E-state index in [0.29, 0.717) is 33.8 Å². The first kappa shape index (κ1) is 123. The molecule has 0 amide bonds. The third-order valence-corrected chi connectivity index (χ3v) is 22.0. The van der Waals surface area contributed by atoms with Gasteiger partial charge in [0.15, 0.2) is 11.6 Å². The summed E-state index contributed by atoms with van der Waals surface area (Å²) in [6.07, 6.45) is 59.2. The van der Waals surface area contributed by atoms with Crippen LogP contribution in [-0.2, 0) is 36.2 Å². The third kappa shape index (κ3) is 69.2. The molecule has 0 bridgehead atoms. The molecule has 0 heterocycles. The van der Waals surface area contributed by atoms with E-state index in [9.17, 15) is 19.2 Å². The number of benzene rings is 5. The summed E-state index contributed by atoms with van der Waals surface area (Å²) < 4.78 is 2.25. The van der Waals surface area contributed by atoms with Crippen molar-refractivity contribution in [3.8, 4) is 35.8 Å². The van der Waals surface area contributed by atoms with Gasteiger partial charge < -0.3 is 63.4 Å². The van der Waals surface area contributed by atoms with Gasteiger partial charge in [0.1, 0.15) is 58.5 Å². The van der Waals surface area contributed by atoms with Crippen molar-refractivity contribution >= 4 is 95.3 Å². The SMILES string of the molecule is CCCC(=O)C1CCCC1.CCCC(=O)C1CCCC1.CCCCCCCCCCCCCCCC[N+](C)(C)C.CCCCCCCCCCCCCCCC[N+](C)(C)C.II.N#CC(C#N)=c1ccc(=C(C#N)C#N)cc1.O=C1C=CC(=O)C=C1.Oc1ccc(O)cc1.[Br-].[CH3-].[CH3-].[Cl-].[Fe+2].c1ccc(P(c2ccccc2)c2ccccc2)cc1. The summed E-state index contributed by atoms with van der Waals surface area (Å²) in [5.74, 6) is 2.01. The number of nitriles is 4. The number of phenolic OH excluding ortho intramolecular Hbond substituents is 2. The van der Waals surface area contributed by atoms with E-state index in [4.69, 9.17) is 31.3 Å². The van der Waals surface area contributed by atoms with Gasteiger partial charge in [-0.1, -0.05) is 323 Å². The van der Waals surface area contributed by atoms with Gasteiger partial charge in [-0.3, -0.25) is 19.2 Å². The van der Waals surface area contributed by atoms with E-state index in [1.807, 2.05) is 0 Å². The van der Waals surface area contributed by atoms with Crippen LogP contribution in [0, 0.1) is 72.0 Å². The normalized spacial score (nSPS) is 12.0. The first-order valence-corrected chi connectivity index (χ1v) is 50.4. The molecular weight excluding hydrogens is 1840 g/mol. The molecule has 2 saturated carbocycles. The molecule has 0 saturated heterocycles.